The van der Waals surface area contributed by atoms with Gasteiger partial charge in [-0.1, -0.05) is 59.1 Å². The largest absolute Gasteiger partial charge is 0.416 e. The molecule has 21 heteroatoms. The van der Waals surface area contributed by atoms with E-state index in [0.29, 0.717) is 21.9 Å². The van der Waals surface area contributed by atoms with Gasteiger partial charge in [0.15, 0.2) is 10.3 Å². The average Bonchev–Trinajstić information content (AvgIpc) is 3.98. The minimum atomic E-state index is -4.63. The number of rotatable bonds is 8. The molecule has 0 fully saturated rings. The third-order valence-electron chi connectivity index (χ3n) is 8.08. The summed E-state index contributed by atoms with van der Waals surface area (Å²) >= 11 is 1.50. The molecule has 7 rings (SSSR count). The van der Waals surface area contributed by atoms with Crippen LogP contribution in [0.15, 0.2) is 97.2 Å². The van der Waals surface area contributed by atoms with Crippen LogP contribution in [0.5, 0.6) is 0 Å². The summed E-state index contributed by atoms with van der Waals surface area (Å²) in [5, 5.41) is 10.6. The SMILES string of the molecule is C#CC(=O)c1nc(NC(=O)c2c(F)cccc2F)sc1-c1cccc(C(F)(F)F)c1.O=C(Nc1nc(-c2ccn[nH]2)c(-c2cccc(C(F)(F)F)c2)s1)c1c(F)cccc1F. The van der Waals surface area contributed by atoms with E-state index in [2.05, 4.69) is 30.8 Å². The van der Waals surface area contributed by atoms with Crippen LogP contribution in [0.4, 0.5) is 54.2 Å². The van der Waals surface area contributed by atoms with Gasteiger partial charge in [0.25, 0.3) is 17.6 Å². The smallest absolute Gasteiger partial charge is 0.298 e. The van der Waals surface area contributed by atoms with Gasteiger partial charge in [0, 0.05) is 6.20 Å². The molecule has 310 valence electrons. The predicted octanol–water partition coefficient (Wildman–Crippen LogP) is 10.9. The van der Waals surface area contributed by atoms with Crippen molar-refractivity contribution in [2.45, 2.75) is 12.4 Å². The van der Waals surface area contributed by atoms with Gasteiger partial charge in [-0.3, -0.25) is 30.1 Å². The van der Waals surface area contributed by atoms with Gasteiger partial charge in [0.05, 0.1) is 26.6 Å². The highest BCUT2D eigenvalue weighted by Crippen LogP contribution is 2.41. The van der Waals surface area contributed by atoms with E-state index in [1.54, 1.807) is 12.0 Å². The van der Waals surface area contributed by atoms with Crippen LogP contribution in [0.3, 0.4) is 0 Å². The van der Waals surface area contributed by atoms with Gasteiger partial charge in [-0.05, 0) is 71.6 Å². The normalized spacial score (nSPS) is 11.3. The fourth-order valence-corrected chi connectivity index (χ4v) is 7.28. The number of hydrogen-bond donors (Lipinski definition) is 3. The second kappa shape index (κ2) is 17.6. The zero-order chi connectivity index (χ0) is 44.2. The molecule has 7 aromatic rings. The van der Waals surface area contributed by atoms with E-state index < -0.39 is 75.5 Å². The Bertz CT molecular complexity index is 2790. The number of benzene rings is 4. The molecule has 3 heterocycles. The van der Waals surface area contributed by atoms with Crippen molar-refractivity contribution >= 4 is 50.5 Å². The molecular weight excluding hydrogens is 867 g/mol. The maximum absolute atomic E-state index is 13.9. The molecule has 0 unspecified atom stereocenters. The first-order valence-electron chi connectivity index (χ1n) is 16.7. The van der Waals surface area contributed by atoms with Crippen molar-refractivity contribution < 1.29 is 58.3 Å². The lowest BCUT2D eigenvalue weighted by molar-refractivity contribution is -0.138. The summed E-state index contributed by atoms with van der Waals surface area (Å²) in [6.07, 6.45) is -2.66. The van der Waals surface area contributed by atoms with Crippen molar-refractivity contribution in [3.63, 3.8) is 0 Å². The predicted molar refractivity (Wildman–Crippen MR) is 204 cm³/mol. The van der Waals surface area contributed by atoms with E-state index in [4.69, 9.17) is 6.42 Å². The summed E-state index contributed by atoms with van der Waals surface area (Å²) in [6.45, 7) is 0. The summed E-state index contributed by atoms with van der Waals surface area (Å²) < 4.78 is 134. The van der Waals surface area contributed by atoms with E-state index in [0.717, 1.165) is 78.1 Å². The number of nitrogens with zero attached hydrogens (tertiary/aromatic N) is 3. The highest BCUT2D eigenvalue weighted by atomic mass is 32.1. The number of carbonyl (C=O) groups excluding carboxylic acids is 3. The van der Waals surface area contributed by atoms with Crippen molar-refractivity contribution in [3.05, 3.63) is 148 Å². The van der Waals surface area contributed by atoms with E-state index in [1.807, 2.05) is 0 Å². The van der Waals surface area contributed by atoms with Gasteiger partial charge in [0.2, 0.25) is 0 Å². The molecule has 0 atom stereocenters. The first-order valence-corrected chi connectivity index (χ1v) is 18.4. The Hall–Kier alpha value is -7.18. The zero-order valence-corrected chi connectivity index (χ0v) is 31.6. The number of hydrogen-bond acceptors (Lipinski definition) is 8. The lowest BCUT2D eigenvalue weighted by atomic mass is 10.1. The Labute approximate surface area is 344 Å². The summed E-state index contributed by atoms with van der Waals surface area (Å²) in [6, 6.07) is 16.0. The lowest BCUT2D eigenvalue weighted by Crippen LogP contribution is -2.15. The number of aromatic nitrogens is 4. The average molecular weight is 887 g/mol. The van der Waals surface area contributed by atoms with Crippen LogP contribution in [0, 0.1) is 35.6 Å². The molecule has 0 spiro atoms. The number of amides is 2. The first-order chi connectivity index (χ1) is 28.8. The summed E-state index contributed by atoms with van der Waals surface area (Å²) in [7, 11) is 0. The molecule has 0 aliphatic carbocycles. The second-order valence-corrected chi connectivity index (χ2v) is 14.1. The fourth-order valence-electron chi connectivity index (χ4n) is 5.35. The minimum Gasteiger partial charge on any atom is -0.298 e. The number of halogens is 10. The number of ketones is 1. The van der Waals surface area contributed by atoms with E-state index in [-0.39, 0.29) is 37.7 Å². The standard InChI is InChI=1S/C20H11F5N4OS.C20H9F5N2O2S/c21-12-5-2-6-13(22)15(12)18(30)28-19-27-16(14-7-8-26-29-14)17(31-19)10-3-1-4-11(9-10)20(23,24)25;1-2-14(28)16-17(10-5-3-6-11(9-10)20(23,24)25)30-19(26-16)27-18(29)15-12(21)7-4-8-13(15)22/h1-9H,(H,26,29)(H,27,28,30);1,3-9H,(H,26,27,29). The molecular formula is C40H20F10N6O3S2. The monoisotopic (exact) mass is 886 g/mol. The number of aromatic amines is 1. The quantitative estimate of drug-likeness (QED) is 0.0603. The summed E-state index contributed by atoms with van der Waals surface area (Å²) in [4.78, 5) is 45.0. The molecule has 3 aromatic heterocycles. The molecule has 0 aliphatic heterocycles. The third kappa shape index (κ3) is 9.83. The van der Waals surface area contributed by atoms with E-state index in [1.165, 1.54) is 24.4 Å². The summed E-state index contributed by atoms with van der Waals surface area (Å²) in [5.74, 6) is -5.74. The van der Waals surface area contributed by atoms with E-state index >= 15 is 0 Å². The van der Waals surface area contributed by atoms with Crippen molar-refractivity contribution in [2.75, 3.05) is 10.6 Å². The van der Waals surface area contributed by atoms with Gasteiger partial charge in [0.1, 0.15) is 45.8 Å². The number of carbonyl (C=O) groups is 3. The van der Waals surface area contributed by atoms with Crippen LogP contribution in [-0.2, 0) is 12.4 Å². The molecule has 61 heavy (non-hydrogen) atoms. The summed E-state index contributed by atoms with van der Waals surface area (Å²) in [5.41, 5.74) is -3.05. The number of Topliss-reactive ketones (excluding diaryl/α,β-unsaturated/α-hetero) is 1. The number of alkyl halides is 6. The highest BCUT2D eigenvalue weighted by Gasteiger charge is 2.33. The Morgan fingerprint density at radius 2 is 1.07 bits per heavy atom. The third-order valence-corrected chi connectivity index (χ3v) is 10.1. The fraction of sp³-hybridized carbons (Fsp3) is 0.0500. The number of terminal acetylenes is 1. The number of nitrogens with one attached hydrogen (secondary N) is 3. The lowest BCUT2D eigenvalue weighted by Gasteiger charge is -2.08. The van der Waals surface area contributed by atoms with Crippen LogP contribution in [0.25, 0.3) is 32.3 Å². The molecule has 4 aromatic carbocycles. The van der Waals surface area contributed by atoms with Crippen LogP contribution in [0.1, 0.15) is 42.3 Å². The second-order valence-electron chi connectivity index (χ2n) is 12.1. The van der Waals surface area contributed by atoms with Crippen LogP contribution >= 0.6 is 22.7 Å². The Morgan fingerprint density at radius 1 is 0.623 bits per heavy atom. The van der Waals surface area contributed by atoms with E-state index in [9.17, 15) is 58.3 Å². The van der Waals surface area contributed by atoms with Gasteiger partial charge in [-0.2, -0.15) is 31.4 Å². The maximum Gasteiger partial charge on any atom is 0.416 e. The molecule has 9 nitrogen and oxygen atoms in total. The molecule has 0 saturated carbocycles. The zero-order valence-electron chi connectivity index (χ0n) is 30.0. The first kappa shape index (κ1) is 43.4. The van der Waals surface area contributed by atoms with Crippen LogP contribution < -0.4 is 10.6 Å². The van der Waals surface area contributed by atoms with Gasteiger partial charge in [-0.25, -0.2) is 27.5 Å². The molecule has 0 saturated heterocycles. The van der Waals surface area contributed by atoms with Gasteiger partial charge >= 0.3 is 12.4 Å². The molecule has 0 aliphatic rings. The maximum atomic E-state index is 13.9. The topological polar surface area (TPSA) is 130 Å². The highest BCUT2D eigenvalue weighted by molar-refractivity contribution is 7.20. The molecule has 2 amide bonds. The van der Waals surface area contributed by atoms with Crippen molar-refractivity contribution in [3.8, 4) is 44.6 Å². The minimum absolute atomic E-state index is 0.0153. The molecule has 0 radical (unpaired) electrons. The number of anilines is 2. The Morgan fingerprint density at radius 3 is 1.51 bits per heavy atom. The molecule has 0 bridgehead atoms. The van der Waals surface area contributed by atoms with Gasteiger partial charge < -0.3 is 0 Å². The van der Waals surface area contributed by atoms with Crippen LogP contribution in [-0.4, -0.2) is 37.8 Å². The Balaban J connectivity index is 0.000000204. The number of H-pyrrole nitrogens is 1. The van der Waals surface area contributed by atoms with Crippen LogP contribution in [0.2, 0.25) is 0 Å². The van der Waals surface area contributed by atoms with Crippen molar-refractivity contribution in [1.29, 1.82) is 0 Å². The number of thiazole rings is 2. The van der Waals surface area contributed by atoms with Gasteiger partial charge in [-0.15, -0.1) is 6.42 Å². The Kier molecular flexibility index (Phi) is 12.5. The van der Waals surface area contributed by atoms with Crippen molar-refractivity contribution in [1.82, 2.24) is 20.2 Å². The molecule has 3 N–H and O–H groups in total. The van der Waals surface area contributed by atoms with Crippen molar-refractivity contribution in [2.24, 2.45) is 0 Å².